The van der Waals surface area contributed by atoms with Crippen molar-refractivity contribution in [2.75, 3.05) is 7.11 Å². The first-order valence-corrected chi connectivity index (χ1v) is 5.91. The molecule has 0 saturated carbocycles. The van der Waals surface area contributed by atoms with Crippen LogP contribution in [-0.2, 0) is 19.1 Å². The second-order valence-corrected chi connectivity index (χ2v) is 4.57. The van der Waals surface area contributed by atoms with Crippen molar-refractivity contribution in [3.8, 4) is 0 Å². The lowest BCUT2D eigenvalue weighted by Crippen LogP contribution is -2.48. The average Bonchev–Trinajstić information content (AvgIpc) is 2.39. The Balaban J connectivity index is 3.10. The highest BCUT2D eigenvalue weighted by Gasteiger charge is 2.45. The molecule has 1 aliphatic carbocycles. The molecule has 2 atom stereocenters. The minimum absolute atomic E-state index is 0.291. The Kier molecular flexibility index (Phi) is 4.62. The van der Waals surface area contributed by atoms with E-state index in [0.29, 0.717) is 11.3 Å². The van der Waals surface area contributed by atoms with Crippen LogP contribution in [0, 0.1) is 5.92 Å². The summed E-state index contributed by atoms with van der Waals surface area (Å²) in [7, 11) is 1.15. The number of allylic oxidation sites excluding steroid dienone is 1. The lowest BCUT2D eigenvalue weighted by Gasteiger charge is -2.30. The van der Waals surface area contributed by atoms with Gasteiger partial charge in [0.1, 0.15) is 5.92 Å². The number of amides is 1. The van der Waals surface area contributed by atoms with Gasteiger partial charge in [-0.15, -0.1) is 0 Å². The van der Waals surface area contributed by atoms with Crippen LogP contribution in [0.2, 0.25) is 0 Å². The molecule has 108 valence electrons. The predicted octanol–water partition coefficient (Wildman–Crippen LogP) is 0.242. The van der Waals surface area contributed by atoms with E-state index in [9.17, 15) is 19.5 Å². The molecule has 0 aromatic heterocycles. The first-order chi connectivity index (χ1) is 9.22. The summed E-state index contributed by atoms with van der Waals surface area (Å²) < 4.78 is 4.58. The Morgan fingerprint density at radius 3 is 2.45 bits per heavy atom. The maximum Gasteiger partial charge on any atom is 0.316 e. The molecule has 20 heavy (non-hydrogen) atoms. The molecule has 0 aromatic carbocycles. The predicted molar refractivity (Wildman–Crippen MR) is 71.3 cm³/mol. The third-order valence-electron chi connectivity index (χ3n) is 3.00. The van der Waals surface area contributed by atoms with Crippen molar-refractivity contribution < 1.29 is 24.2 Å². The standard InChI is InChI=1S/C14H17NO5/c1-8(2)12(17)15-10-5-6-14(19,9(3)16)11(7-10)13(18)20-4/h5-7,11,19H,1H2,2-4H3,(H,15,17). The molecule has 1 amide bonds. The maximum atomic E-state index is 11.7. The van der Waals surface area contributed by atoms with Gasteiger partial charge in [-0.25, -0.2) is 0 Å². The van der Waals surface area contributed by atoms with Crippen LogP contribution in [0.1, 0.15) is 13.8 Å². The van der Waals surface area contributed by atoms with Crippen molar-refractivity contribution in [2.45, 2.75) is 19.4 Å². The lowest BCUT2D eigenvalue weighted by molar-refractivity contribution is -0.155. The molecule has 6 nitrogen and oxygen atoms in total. The second-order valence-electron chi connectivity index (χ2n) is 4.57. The van der Waals surface area contributed by atoms with Crippen molar-refractivity contribution in [1.82, 2.24) is 5.32 Å². The Bertz CT molecular complexity index is 532. The zero-order valence-electron chi connectivity index (χ0n) is 11.6. The van der Waals surface area contributed by atoms with Crippen molar-refractivity contribution >= 4 is 17.7 Å². The van der Waals surface area contributed by atoms with Crippen LogP contribution in [0.15, 0.2) is 36.1 Å². The molecule has 1 aliphatic rings. The molecule has 0 radical (unpaired) electrons. The van der Waals surface area contributed by atoms with E-state index in [4.69, 9.17) is 0 Å². The number of carbonyl (C=O) groups is 3. The van der Waals surface area contributed by atoms with Crippen LogP contribution >= 0.6 is 0 Å². The third kappa shape index (κ3) is 3.03. The minimum Gasteiger partial charge on any atom is -0.468 e. The first-order valence-electron chi connectivity index (χ1n) is 5.91. The van der Waals surface area contributed by atoms with Gasteiger partial charge < -0.3 is 15.2 Å². The highest BCUT2D eigenvalue weighted by molar-refractivity contribution is 5.96. The van der Waals surface area contributed by atoms with Gasteiger partial charge in [-0.1, -0.05) is 6.58 Å². The Labute approximate surface area is 116 Å². The zero-order valence-corrected chi connectivity index (χ0v) is 11.6. The van der Waals surface area contributed by atoms with E-state index >= 15 is 0 Å². The van der Waals surface area contributed by atoms with Gasteiger partial charge in [0, 0.05) is 11.3 Å². The van der Waals surface area contributed by atoms with Crippen LogP contribution in [0.5, 0.6) is 0 Å². The normalized spacial score (nSPS) is 24.6. The van der Waals surface area contributed by atoms with Gasteiger partial charge in [-0.2, -0.15) is 0 Å². The highest BCUT2D eigenvalue weighted by Crippen LogP contribution is 2.28. The average molecular weight is 279 g/mol. The number of hydrogen-bond acceptors (Lipinski definition) is 5. The minimum atomic E-state index is -1.97. The summed E-state index contributed by atoms with van der Waals surface area (Å²) in [6.45, 7) is 6.20. The lowest BCUT2D eigenvalue weighted by atomic mass is 9.80. The smallest absolute Gasteiger partial charge is 0.316 e. The molecule has 0 fully saturated rings. The summed E-state index contributed by atoms with van der Waals surface area (Å²) in [6.07, 6.45) is 3.82. The molecule has 0 aromatic rings. The summed E-state index contributed by atoms with van der Waals surface area (Å²) in [6, 6.07) is 0. The number of ether oxygens (including phenoxy) is 1. The number of ketones is 1. The SMILES string of the molecule is C=C(C)C(=O)NC1=CC(C(=O)OC)C(O)(C(C)=O)C=C1. The number of carbonyl (C=O) groups excluding carboxylic acids is 3. The van der Waals surface area contributed by atoms with Crippen LogP contribution in [0.4, 0.5) is 0 Å². The molecule has 0 spiro atoms. The molecular weight excluding hydrogens is 262 g/mol. The van der Waals surface area contributed by atoms with Gasteiger partial charge in [0.15, 0.2) is 11.4 Å². The van der Waals surface area contributed by atoms with Gasteiger partial charge in [0.25, 0.3) is 5.91 Å². The largest absolute Gasteiger partial charge is 0.468 e. The fourth-order valence-electron chi connectivity index (χ4n) is 1.71. The topological polar surface area (TPSA) is 92.7 Å². The van der Waals surface area contributed by atoms with Gasteiger partial charge in [0.05, 0.1) is 7.11 Å². The molecule has 0 saturated heterocycles. The summed E-state index contributed by atoms with van der Waals surface area (Å²) in [5.41, 5.74) is -1.38. The fourth-order valence-corrected chi connectivity index (χ4v) is 1.71. The van der Waals surface area contributed by atoms with E-state index in [1.807, 2.05) is 0 Å². The van der Waals surface area contributed by atoms with Crippen molar-refractivity contribution in [1.29, 1.82) is 0 Å². The number of aliphatic hydroxyl groups is 1. The van der Waals surface area contributed by atoms with E-state index in [1.54, 1.807) is 0 Å². The van der Waals surface area contributed by atoms with E-state index in [1.165, 1.54) is 32.1 Å². The van der Waals surface area contributed by atoms with Gasteiger partial charge >= 0.3 is 5.97 Å². The fraction of sp³-hybridized carbons (Fsp3) is 0.357. The van der Waals surface area contributed by atoms with Crippen LogP contribution in [-0.4, -0.2) is 35.5 Å². The van der Waals surface area contributed by atoms with Crippen LogP contribution < -0.4 is 5.32 Å². The van der Waals surface area contributed by atoms with Crippen molar-refractivity contribution in [3.05, 3.63) is 36.1 Å². The van der Waals surface area contributed by atoms with Crippen molar-refractivity contribution in [3.63, 3.8) is 0 Å². The molecule has 2 N–H and O–H groups in total. The van der Waals surface area contributed by atoms with E-state index in [0.717, 1.165) is 7.11 Å². The van der Waals surface area contributed by atoms with Gasteiger partial charge in [0.2, 0.25) is 0 Å². The van der Waals surface area contributed by atoms with Crippen molar-refractivity contribution in [2.24, 2.45) is 5.92 Å². The Hall–Kier alpha value is -2.21. The first kappa shape index (κ1) is 15.8. The monoisotopic (exact) mass is 279 g/mol. The summed E-state index contributed by atoms with van der Waals surface area (Å²) in [5, 5.41) is 12.8. The number of nitrogens with one attached hydrogen (secondary N) is 1. The number of methoxy groups -OCH3 is 1. The van der Waals surface area contributed by atoms with Crippen LogP contribution in [0.25, 0.3) is 0 Å². The zero-order chi connectivity index (χ0) is 15.5. The molecule has 2 unspecified atom stereocenters. The van der Waals surface area contributed by atoms with Crippen LogP contribution in [0.3, 0.4) is 0 Å². The number of Topliss-reactive ketones (excluding diaryl/α,β-unsaturated/α-hetero) is 1. The number of rotatable bonds is 4. The molecule has 0 heterocycles. The summed E-state index contributed by atoms with van der Waals surface area (Å²) in [5.74, 6) is -2.99. The second kappa shape index (κ2) is 5.83. The molecule has 6 heteroatoms. The van der Waals surface area contributed by atoms with E-state index < -0.39 is 29.2 Å². The Morgan fingerprint density at radius 2 is 2.00 bits per heavy atom. The molecular formula is C14H17NO5. The molecule has 0 bridgehead atoms. The van der Waals surface area contributed by atoms with Gasteiger partial charge in [-0.05, 0) is 32.1 Å². The highest BCUT2D eigenvalue weighted by atomic mass is 16.5. The maximum absolute atomic E-state index is 11.7. The number of esters is 1. The summed E-state index contributed by atoms with van der Waals surface area (Å²) >= 11 is 0. The third-order valence-corrected chi connectivity index (χ3v) is 3.00. The van der Waals surface area contributed by atoms with E-state index in [2.05, 4.69) is 16.6 Å². The quantitative estimate of drug-likeness (QED) is 0.568. The summed E-state index contributed by atoms with van der Waals surface area (Å²) in [4.78, 5) is 34.8. The molecule has 1 rings (SSSR count). The number of hydrogen-bond donors (Lipinski definition) is 2. The van der Waals surface area contributed by atoms with E-state index in [-0.39, 0.29) is 0 Å². The molecule has 0 aliphatic heterocycles. The Morgan fingerprint density at radius 1 is 1.40 bits per heavy atom. The van der Waals surface area contributed by atoms with Gasteiger partial charge in [-0.3, -0.25) is 14.4 Å².